The molecule has 0 unspecified atom stereocenters. The zero-order chi connectivity index (χ0) is 13.6. The number of amides is 2. The summed E-state index contributed by atoms with van der Waals surface area (Å²) in [5.41, 5.74) is 5.39. The number of carbonyl (C=O) groups is 2. The number of likely N-dealkylation sites (N-methyl/N-ethyl adjacent to an activating group) is 2. The maximum Gasteiger partial charge on any atom is 0.239 e. The third-order valence-corrected chi connectivity index (χ3v) is 3.78. The molecule has 5 nitrogen and oxygen atoms in total. The van der Waals surface area contributed by atoms with E-state index in [-0.39, 0.29) is 18.4 Å². The molecule has 0 aliphatic heterocycles. The largest absolute Gasteiger partial charge is 0.355 e. The SMILES string of the molecule is CCNC(=O)CN(CC)C(=O)C1(CN)CCCC1. The van der Waals surface area contributed by atoms with E-state index in [0.29, 0.717) is 19.6 Å². The molecule has 0 aromatic carbocycles. The summed E-state index contributed by atoms with van der Waals surface area (Å²) in [7, 11) is 0. The minimum Gasteiger partial charge on any atom is -0.355 e. The van der Waals surface area contributed by atoms with Crippen LogP contribution in [0.2, 0.25) is 0 Å². The Hall–Kier alpha value is -1.10. The summed E-state index contributed by atoms with van der Waals surface area (Å²) in [6.07, 6.45) is 3.83. The van der Waals surface area contributed by atoms with Crippen molar-refractivity contribution in [1.82, 2.24) is 10.2 Å². The van der Waals surface area contributed by atoms with E-state index in [1.165, 1.54) is 0 Å². The monoisotopic (exact) mass is 255 g/mol. The van der Waals surface area contributed by atoms with Gasteiger partial charge in [-0.25, -0.2) is 0 Å². The van der Waals surface area contributed by atoms with Gasteiger partial charge in [0.2, 0.25) is 11.8 Å². The molecule has 1 fully saturated rings. The molecule has 1 aliphatic carbocycles. The molecule has 1 saturated carbocycles. The van der Waals surface area contributed by atoms with Gasteiger partial charge in [-0.1, -0.05) is 12.8 Å². The average molecular weight is 255 g/mol. The molecule has 2 amide bonds. The summed E-state index contributed by atoms with van der Waals surface area (Å²) in [5.74, 6) is -0.0471. The van der Waals surface area contributed by atoms with Crippen molar-refractivity contribution in [2.24, 2.45) is 11.1 Å². The van der Waals surface area contributed by atoms with Gasteiger partial charge in [-0.05, 0) is 26.7 Å². The Morgan fingerprint density at radius 2 is 1.89 bits per heavy atom. The normalized spacial score (nSPS) is 17.5. The molecule has 5 heteroatoms. The van der Waals surface area contributed by atoms with Crippen molar-refractivity contribution < 1.29 is 9.59 Å². The summed E-state index contributed by atoms with van der Waals surface area (Å²) < 4.78 is 0. The molecule has 0 spiro atoms. The van der Waals surface area contributed by atoms with Crippen LogP contribution in [0, 0.1) is 5.41 Å². The van der Waals surface area contributed by atoms with E-state index in [0.717, 1.165) is 25.7 Å². The van der Waals surface area contributed by atoms with Crippen LogP contribution in [0.25, 0.3) is 0 Å². The van der Waals surface area contributed by atoms with Crippen LogP contribution in [0.5, 0.6) is 0 Å². The Balaban J connectivity index is 2.69. The Bertz CT molecular complexity index is 299. The third kappa shape index (κ3) is 3.22. The summed E-state index contributed by atoms with van der Waals surface area (Å²) in [5, 5.41) is 2.72. The predicted octanol–water partition coefficient (Wildman–Crippen LogP) is 0.490. The zero-order valence-corrected chi connectivity index (χ0v) is 11.5. The standard InChI is InChI=1S/C13H25N3O2/c1-3-15-11(17)9-16(4-2)12(18)13(10-14)7-5-6-8-13/h3-10,14H2,1-2H3,(H,15,17). The van der Waals surface area contributed by atoms with Gasteiger partial charge in [-0.15, -0.1) is 0 Å². The molecule has 0 heterocycles. The molecule has 104 valence electrons. The van der Waals surface area contributed by atoms with Gasteiger partial charge in [0.25, 0.3) is 0 Å². The second kappa shape index (κ2) is 6.73. The van der Waals surface area contributed by atoms with Crippen LogP contribution >= 0.6 is 0 Å². The summed E-state index contributed by atoms with van der Waals surface area (Å²) >= 11 is 0. The van der Waals surface area contributed by atoms with E-state index >= 15 is 0 Å². The van der Waals surface area contributed by atoms with Crippen LogP contribution in [-0.2, 0) is 9.59 Å². The Morgan fingerprint density at radius 3 is 2.33 bits per heavy atom. The first-order valence-corrected chi connectivity index (χ1v) is 6.85. The van der Waals surface area contributed by atoms with E-state index in [1.54, 1.807) is 4.90 Å². The highest BCUT2D eigenvalue weighted by Gasteiger charge is 2.42. The van der Waals surface area contributed by atoms with Crippen LogP contribution in [0.1, 0.15) is 39.5 Å². The van der Waals surface area contributed by atoms with E-state index in [1.807, 2.05) is 13.8 Å². The number of nitrogens with one attached hydrogen (secondary N) is 1. The fourth-order valence-corrected chi connectivity index (χ4v) is 2.65. The van der Waals surface area contributed by atoms with Crippen molar-refractivity contribution in [2.45, 2.75) is 39.5 Å². The van der Waals surface area contributed by atoms with Crippen molar-refractivity contribution in [3.05, 3.63) is 0 Å². The van der Waals surface area contributed by atoms with Crippen LogP contribution in [0.15, 0.2) is 0 Å². The van der Waals surface area contributed by atoms with Crippen molar-refractivity contribution in [1.29, 1.82) is 0 Å². The highest BCUT2D eigenvalue weighted by atomic mass is 16.2. The Morgan fingerprint density at radius 1 is 1.28 bits per heavy atom. The smallest absolute Gasteiger partial charge is 0.239 e. The fraction of sp³-hybridized carbons (Fsp3) is 0.846. The zero-order valence-electron chi connectivity index (χ0n) is 11.5. The molecular weight excluding hydrogens is 230 g/mol. The quantitative estimate of drug-likeness (QED) is 0.725. The lowest BCUT2D eigenvalue weighted by Gasteiger charge is -2.32. The Kier molecular flexibility index (Phi) is 5.59. The lowest BCUT2D eigenvalue weighted by Crippen LogP contribution is -2.49. The topological polar surface area (TPSA) is 75.4 Å². The van der Waals surface area contributed by atoms with Gasteiger partial charge in [0, 0.05) is 19.6 Å². The molecule has 18 heavy (non-hydrogen) atoms. The van der Waals surface area contributed by atoms with Crippen molar-refractivity contribution in [2.75, 3.05) is 26.2 Å². The Labute approximate surface area is 109 Å². The molecule has 1 aliphatic rings. The van der Waals surface area contributed by atoms with E-state index in [9.17, 15) is 9.59 Å². The molecule has 1 rings (SSSR count). The highest BCUT2D eigenvalue weighted by Crippen LogP contribution is 2.38. The summed E-state index contributed by atoms with van der Waals surface area (Å²) in [4.78, 5) is 25.8. The van der Waals surface area contributed by atoms with Gasteiger partial charge in [-0.3, -0.25) is 9.59 Å². The van der Waals surface area contributed by atoms with E-state index in [2.05, 4.69) is 5.32 Å². The van der Waals surface area contributed by atoms with Gasteiger partial charge >= 0.3 is 0 Å². The number of carbonyl (C=O) groups excluding carboxylic acids is 2. The van der Waals surface area contributed by atoms with Gasteiger partial charge in [0.15, 0.2) is 0 Å². The molecule has 0 aromatic rings. The van der Waals surface area contributed by atoms with Gasteiger partial charge in [0.05, 0.1) is 12.0 Å². The molecule has 0 aromatic heterocycles. The van der Waals surface area contributed by atoms with Crippen molar-refractivity contribution >= 4 is 11.8 Å². The maximum absolute atomic E-state index is 12.5. The van der Waals surface area contributed by atoms with Crippen LogP contribution in [0.3, 0.4) is 0 Å². The van der Waals surface area contributed by atoms with Crippen LogP contribution < -0.4 is 11.1 Å². The van der Waals surface area contributed by atoms with Gasteiger partial charge in [0.1, 0.15) is 0 Å². The molecule has 3 N–H and O–H groups in total. The fourth-order valence-electron chi connectivity index (χ4n) is 2.65. The van der Waals surface area contributed by atoms with Crippen LogP contribution in [0.4, 0.5) is 0 Å². The van der Waals surface area contributed by atoms with E-state index in [4.69, 9.17) is 5.73 Å². The predicted molar refractivity (Wildman–Crippen MR) is 70.9 cm³/mol. The number of rotatable bonds is 6. The molecule has 0 bridgehead atoms. The lowest BCUT2D eigenvalue weighted by molar-refractivity contribution is -0.144. The first kappa shape index (κ1) is 15.0. The van der Waals surface area contributed by atoms with Gasteiger partial charge in [-0.2, -0.15) is 0 Å². The number of hydrogen-bond acceptors (Lipinski definition) is 3. The third-order valence-electron chi connectivity index (χ3n) is 3.78. The minimum absolute atomic E-state index is 0.0521. The second-order valence-electron chi connectivity index (χ2n) is 4.96. The highest BCUT2D eigenvalue weighted by molar-refractivity contribution is 5.88. The summed E-state index contributed by atoms with van der Waals surface area (Å²) in [6.45, 7) is 5.44. The molecular formula is C13H25N3O2. The average Bonchev–Trinajstić information content (AvgIpc) is 2.85. The first-order chi connectivity index (χ1) is 8.59. The maximum atomic E-state index is 12.5. The second-order valence-corrected chi connectivity index (χ2v) is 4.96. The molecule has 0 radical (unpaired) electrons. The number of hydrogen-bond donors (Lipinski definition) is 2. The lowest BCUT2D eigenvalue weighted by atomic mass is 9.84. The first-order valence-electron chi connectivity index (χ1n) is 6.85. The van der Waals surface area contributed by atoms with E-state index < -0.39 is 5.41 Å². The van der Waals surface area contributed by atoms with Gasteiger partial charge < -0.3 is 16.0 Å². The molecule has 0 saturated heterocycles. The van der Waals surface area contributed by atoms with Crippen molar-refractivity contribution in [3.8, 4) is 0 Å². The summed E-state index contributed by atoms with van der Waals surface area (Å²) in [6, 6.07) is 0. The van der Waals surface area contributed by atoms with Crippen molar-refractivity contribution in [3.63, 3.8) is 0 Å². The number of nitrogens with zero attached hydrogens (tertiary/aromatic N) is 1. The number of nitrogens with two attached hydrogens (primary N) is 1. The molecule has 0 atom stereocenters. The van der Waals surface area contributed by atoms with Crippen LogP contribution in [-0.4, -0.2) is 42.9 Å². The minimum atomic E-state index is -0.414.